The summed E-state index contributed by atoms with van der Waals surface area (Å²) >= 11 is 0. The molecule has 2 unspecified atom stereocenters. The van der Waals surface area contributed by atoms with E-state index in [1.54, 1.807) is 0 Å². The SMILES string of the molecule is CC(C)C1CCCCC1NC(=O)Nc1ccc(CN)cc1. The van der Waals surface area contributed by atoms with Crippen molar-refractivity contribution in [2.75, 3.05) is 5.32 Å². The number of hydrogen-bond acceptors (Lipinski definition) is 2. The number of amides is 2. The summed E-state index contributed by atoms with van der Waals surface area (Å²) in [6.45, 7) is 5.01. The molecule has 0 aromatic heterocycles. The zero-order valence-corrected chi connectivity index (χ0v) is 13.1. The lowest BCUT2D eigenvalue weighted by atomic mass is 9.78. The Kier molecular flexibility index (Phi) is 5.62. The minimum atomic E-state index is -0.104. The summed E-state index contributed by atoms with van der Waals surface area (Å²) < 4.78 is 0. The van der Waals surface area contributed by atoms with Gasteiger partial charge in [-0.1, -0.05) is 38.8 Å². The second-order valence-corrected chi connectivity index (χ2v) is 6.30. The van der Waals surface area contributed by atoms with Crippen molar-refractivity contribution in [3.05, 3.63) is 29.8 Å². The van der Waals surface area contributed by atoms with Gasteiger partial charge < -0.3 is 16.4 Å². The van der Waals surface area contributed by atoms with Gasteiger partial charge in [-0.05, 0) is 42.4 Å². The lowest BCUT2D eigenvalue weighted by molar-refractivity contribution is 0.200. The van der Waals surface area contributed by atoms with Gasteiger partial charge in [0.25, 0.3) is 0 Å². The van der Waals surface area contributed by atoms with Crippen LogP contribution < -0.4 is 16.4 Å². The summed E-state index contributed by atoms with van der Waals surface area (Å²) in [5, 5.41) is 6.06. The number of nitrogens with one attached hydrogen (secondary N) is 2. The van der Waals surface area contributed by atoms with E-state index in [4.69, 9.17) is 5.73 Å². The van der Waals surface area contributed by atoms with Gasteiger partial charge >= 0.3 is 6.03 Å². The van der Waals surface area contributed by atoms with E-state index in [9.17, 15) is 4.79 Å². The molecule has 2 atom stereocenters. The van der Waals surface area contributed by atoms with Crippen LogP contribution in [0.5, 0.6) is 0 Å². The second-order valence-electron chi connectivity index (χ2n) is 6.30. The Morgan fingerprint density at radius 2 is 1.90 bits per heavy atom. The Hall–Kier alpha value is -1.55. The molecule has 0 bridgehead atoms. The molecular formula is C17H27N3O. The zero-order valence-electron chi connectivity index (χ0n) is 13.1. The predicted octanol–water partition coefficient (Wildman–Crippen LogP) is 3.48. The highest BCUT2D eigenvalue weighted by Crippen LogP contribution is 2.30. The number of rotatable bonds is 4. The molecule has 1 aromatic rings. The van der Waals surface area contributed by atoms with E-state index in [2.05, 4.69) is 24.5 Å². The summed E-state index contributed by atoms with van der Waals surface area (Å²) in [5.74, 6) is 1.20. The Labute approximate surface area is 127 Å². The second kappa shape index (κ2) is 7.46. The molecule has 1 aliphatic carbocycles. The average Bonchev–Trinajstić information content (AvgIpc) is 2.48. The molecule has 2 amide bonds. The molecular weight excluding hydrogens is 262 g/mol. The van der Waals surface area contributed by atoms with Crippen LogP contribution in [-0.4, -0.2) is 12.1 Å². The molecule has 116 valence electrons. The Bertz CT molecular complexity index is 456. The van der Waals surface area contributed by atoms with Crippen LogP contribution in [-0.2, 0) is 6.54 Å². The fraction of sp³-hybridized carbons (Fsp3) is 0.588. The van der Waals surface area contributed by atoms with Crippen molar-refractivity contribution in [3.8, 4) is 0 Å². The van der Waals surface area contributed by atoms with Gasteiger partial charge in [0.05, 0.1) is 0 Å². The number of carbonyl (C=O) groups is 1. The van der Waals surface area contributed by atoms with Gasteiger partial charge in [-0.2, -0.15) is 0 Å². The molecule has 0 aliphatic heterocycles. The predicted molar refractivity (Wildman–Crippen MR) is 87.1 cm³/mol. The summed E-state index contributed by atoms with van der Waals surface area (Å²) in [5.41, 5.74) is 7.44. The highest BCUT2D eigenvalue weighted by molar-refractivity contribution is 5.89. The molecule has 0 radical (unpaired) electrons. The molecule has 4 heteroatoms. The molecule has 0 spiro atoms. The number of anilines is 1. The van der Waals surface area contributed by atoms with Crippen LogP contribution in [0.4, 0.5) is 10.5 Å². The van der Waals surface area contributed by atoms with Crippen molar-refractivity contribution in [1.82, 2.24) is 5.32 Å². The van der Waals surface area contributed by atoms with Gasteiger partial charge in [-0.3, -0.25) is 0 Å². The third-order valence-electron chi connectivity index (χ3n) is 4.44. The normalized spacial score (nSPS) is 22.1. The molecule has 4 nitrogen and oxygen atoms in total. The molecule has 0 heterocycles. The van der Waals surface area contributed by atoms with Crippen LogP contribution in [0.1, 0.15) is 45.1 Å². The van der Waals surface area contributed by atoms with Gasteiger partial charge in [0.1, 0.15) is 0 Å². The van der Waals surface area contributed by atoms with Gasteiger partial charge in [0.2, 0.25) is 0 Å². The van der Waals surface area contributed by atoms with Crippen LogP contribution in [0.25, 0.3) is 0 Å². The maximum Gasteiger partial charge on any atom is 0.319 e. The molecule has 1 aliphatic rings. The average molecular weight is 289 g/mol. The molecule has 4 N–H and O–H groups in total. The first kappa shape index (κ1) is 15.8. The Balaban J connectivity index is 1.90. The zero-order chi connectivity index (χ0) is 15.2. The minimum absolute atomic E-state index is 0.104. The van der Waals surface area contributed by atoms with E-state index in [-0.39, 0.29) is 6.03 Å². The number of benzene rings is 1. The van der Waals surface area contributed by atoms with Crippen molar-refractivity contribution >= 4 is 11.7 Å². The summed E-state index contributed by atoms with van der Waals surface area (Å²) in [4.78, 5) is 12.2. The first-order chi connectivity index (χ1) is 10.1. The highest BCUT2D eigenvalue weighted by Gasteiger charge is 2.28. The number of carbonyl (C=O) groups excluding carboxylic acids is 1. The first-order valence-electron chi connectivity index (χ1n) is 7.96. The standard InChI is InChI=1S/C17H27N3O/c1-12(2)15-5-3-4-6-16(15)20-17(21)19-14-9-7-13(11-18)8-10-14/h7-10,12,15-16H,3-6,11,18H2,1-2H3,(H2,19,20,21). The topological polar surface area (TPSA) is 67.2 Å². The summed E-state index contributed by atoms with van der Waals surface area (Å²) in [6.07, 6.45) is 4.79. The Morgan fingerprint density at radius 1 is 1.24 bits per heavy atom. The van der Waals surface area contributed by atoms with E-state index in [0.717, 1.165) is 17.7 Å². The van der Waals surface area contributed by atoms with Crippen molar-refractivity contribution in [2.45, 2.75) is 52.1 Å². The van der Waals surface area contributed by atoms with Gasteiger partial charge in [-0.25, -0.2) is 4.79 Å². The lowest BCUT2D eigenvalue weighted by Gasteiger charge is -2.34. The monoisotopic (exact) mass is 289 g/mol. The number of nitrogens with two attached hydrogens (primary N) is 1. The summed E-state index contributed by atoms with van der Waals surface area (Å²) in [7, 11) is 0. The number of urea groups is 1. The van der Waals surface area contributed by atoms with Crippen molar-refractivity contribution in [2.24, 2.45) is 17.6 Å². The van der Waals surface area contributed by atoms with E-state index in [0.29, 0.717) is 24.4 Å². The molecule has 1 saturated carbocycles. The van der Waals surface area contributed by atoms with Crippen LogP contribution >= 0.6 is 0 Å². The lowest BCUT2D eigenvalue weighted by Crippen LogP contribution is -2.45. The maximum absolute atomic E-state index is 12.2. The third-order valence-corrected chi connectivity index (χ3v) is 4.44. The van der Waals surface area contributed by atoms with E-state index < -0.39 is 0 Å². The first-order valence-corrected chi connectivity index (χ1v) is 7.96. The fourth-order valence-electron chi connectivity index (χ4n) is 3.20. The quantitative estimate of drug-likeness (QED) is 0.794. The smallest absolute Gasteiger partial charge is 0.319 e. The molecule has 1 fully saturated rings. The highest BCUT2D eigenvalue weighted by atomic mass is 16.2. The summed E-state index contributed by atoms with van der Waals surface area (Å²) in [6, 6.07) is 7.85. The van der Waals surface area contributed by atoms with Gasteiger partial charge in [-0.15, -0.1) is 0 Å². The van der Waals surface area contributed by atoms with E-state index in [1.807, 2.05) is 24.3 Å². The van der Waals surface area contributed by atoms with Crippen molar-refractivity contribution < 1.29 is 4.79 Å². The van der Waals surface area contributed by atoms with Crippen LogP contribution in [0.2, 0.25) is 0 Å². The van der Waals surface area contributed by atoms with Gasteiger partial charge in [0.15, 0.2) is 0 Å². The number of hydrogen-bond donors (Lipinski definition) is 3. The van der Waals surface area contributed by atoms with Crippen LogP contribution in [0, 0.1) is 11.8 Å². The van der Waals surface area contributed by atoms with Crippen LogP contribution in [0.15, 0.2) is 24.3 Å². The third kappa shape index (κ3) is 4.46. The molecule has 0 saturated heterocycles. The fourth-order valence-corrected chi connectivity index (χ4v) is 3.20. The van der Waals surface area contributed by atoms with Crippen molar-refractivity contribution in [1.29, 1.82) is 0 Å². The Morgan fingerprint density at radius 3 is 2.52 bits per heavy atom. The van der Waals surface area contributed by atoms with E-state index >= 15 is 0 Å². The molecule has 1 aromatic carbocycles. The van der Waals surface area contributed by atoms with Crippen LogP contribution in [0.3, 0.4) is 0 Å². The van der Waals surface area contributed by atoms with Crippen molar-refractivity contribution in [3.63, 3.8) is 0 Å². The molecule has 21 heavy (non-hydrogen) atoms. The van der Waals surface area contributed by atoms with Gasteiger partial charge in [0, 0.05) is 18.3 Å². The largest absolute Gasteiger partial charge is 0.335 e. The molecule has 2 rings (SSSR count). The maximum atomic E-state index is 12.2. The minimum Gasteiger partial charge on any atom is -0.335 e. The van der Waals surface area contributed by atoms with E-state index in [1.165, 1.54) is 19.3 Å².